The van der Waals surface area contributed by atoms with Gasteiger partial charge < -0.3 is 16.2 Å². The van der Waals surface area contributed by atoms with Crippen LogP contribution in [0.2, 0.25) is 0 Å². The molecule has 112 valence electrons. The number of nitrogen functional groups attached to an aromatic ring is 1. The summed E-state index contributed by atoms with van der Waals surface area (Å²) in [4.78, 5) is 13.9. The van der Waals surface area contributed by atoms with Crippen LogP contribution in [0.4, 0.5) is 11.4 Å². The molecule has 0 atom stereocenters. The Kier molecular flexibility index (Phi) is 7.04. The van der Waals surface area contributed by atoms with Gasteiger partial charge in [0.2, 0.25) is 5.91 Å². The summed E-state index contributed by atoms with van der Waals surface area (Å²) in [6, 6.07) is 5.59. The first-order valence-corrected chi connectivity index (χ1v) is 6.98. The van der Waals surface area contributed by atoms with Gasteiger partial charge in [-0.15, -0.1) is 0 Å². The summed E-state index contributed by atoms with van der Waals surface area (Å²) in [5.41, 5.74) is 8.18. The van der Waals surface area contributed by atoms with Gasteiger partial charge in [0.25, 0.3) is 0 Å². The van der Waals surface area contributed by atoms with E-state index >= 15 is 0 Å². The highest BCUT2D eigenvalue weighted by atomic mass is 16.2. The summed E-state index contributed by atoms with van der Waals surface area (Å²) >= 11 is 0. The molecular formula is C15H25N3O2. The molecule has 1 aromatic carbocycles. The molecule has 0 aliphatic carbocycles. The third-order valence-electron chi connectivity index (χ3n) is 3.09. The van der Waals surface area contributed by atoms with Crippen LogP contribution in [0.3, 0.4) is 0 Å². The molecule has 0 saturated heterocycles. The number of carbonyl (C=O) groups excluding carboxylic acids is 1. The summed E-state index contributed by atoms with van der Waals surface area (Å²) in [6.45, 7) is 3.38. The van der Waals surface area contributed by atoms with Crippen LogP contribution in [0.1, 0.15) is 24.8 Å². The van der Waals surface area contributed by atoms with E-state index in [-0.39, 0.29) is 12.5 Å². The molecule has 0 aliphatic heterocycles. The molecule has 1 aromatic rings. The van der Waals surface area contributed by atoms with Gasteiger partial charge in [-0.2, -0.15) is 0 Å². The monoisotopic (exact) mass is 279 g/mol. The molecule has 0 heterocycles. The second-order valence-corrected chi connectivity index (χ2v) is 5.16. The average molecular weight is 279 g/mol. The Morgan fingerprint density at radius 2 is 2.10 bits per heavy atom. The van der Waals surface area contributed by atoms with Gasteiger partial charge >= 0.3 is 0 Å². The van der Waals surface area contributed by atoms with E-state index in [4.69, 9.17) is 10.8 Å². The third-order valence-corrected chi connectivity index (χ3v) is 3.09. The van der Waals surface area contributed by atoms with Crippen molar-refractivity contribution in [2.45, 2.75) is 26.2 Å². The quantitative estimate of drug-likeness (QED) is 0.499. The number of benzene rings is 1. The fourth-order valence-corrected chi connectivity index (χ4v) is 1.98. The minimum atomic E-state index is -0.0646. The molecule has 0 aromatic heterocycles. The summed E-state index contributed by atoms with van der Waals surface area (Å²) < 4.78 is 0. The Morgan fingerprint density at radius 1 is 1.35 bits per heavy atom. The minimum Gasteiger partial charge on any atom is -0.397 e. The highest BCUT2D eigenvalue weighted by Crippen LogP contribution is 2.19. The van der Waals surface area contributed by atoms with Crippen LogP contribution >= 0.6 is 0 Å². The van der Waals surface area contributed by atoms with Crippen molar-refractivity contribution in [1.82, 2.24) is 4.90 Å². The van der Waals surface area contributed by atoms with Gasteiger partial charge in [0.1, 0.15) is 0 Å². The second kappa shape index (κ2) is 8.55. The number of aliphatic hydroxyl groups excluding tert-OH is 1. The number of nitrogens with one attached hydrogen (secondary N) is 1. The van der Waals surface area contributed by atoms with Crippen molar-refractivity contribution in [3.8, 4) is 0 Å². The number of amides is 1. The number of carbonyl (C=O) groups is 1. The maximum Gasteiger partial charge on any atom is 0.238 e. The van der Waals surface area contributed by atoms with Crippen LogP contribution in [0.25, 0.3) is 0 Å². The molecule has 5 nitrogen and oxygen atoms in total. The SMILES string of the molecule is Cc1ccc(NC(=O)CN(C)CCCCCO)c(N)c1. The number of nitrogens with two attached hydrogens (primary N) is 1. The van der Waals surface area contributed by atoms with E-state index in [1.807, 2.05) is 37.1 Å². The molecule has 1 amide bonds. The Balaban J connectivity index is 2.35. The number of hydrogen-bond donors (Lipinski definition) is 3. The minimum absolute atomic E-state index is 0.0646. The van der Waals surface area contributed by atoms with Crippen LogP contribution in [0.15, 0.2) is 18.2 Å². The van der Waals surface area contributed by atoms with Crippen LogP contribution in [-0.2, 0) is 4.79 Å². The standard InChI is InChI=1S/C15H25N3O2/c1-12-6-7-14(13(16)10-12)17-15(20)11-18(2)8-4-3-5-9-19/h6-7,10,19H,3-5,8-9,11,16H2,1-2H3,(H,17,20). The van der Waals surface area contributed by atoms with Gasteiger partial charge in [-0.1, -0.05) is 6.07 Å². The van der Waals surface area contributed by atoms with Crippen molar-refractivity contribution in [3.05, 3.63) is 23.8 Å². The van der Waals surface area contributed by atoms with Crippen molar-refractivity contribution in [3.63, 3.8) is 0 Å². The molecule has 4 N–H and O–H groups in total. The highest BCUT2D eigenvalue weighted by Gasteiger charge is 2.08. The zero-order chi connectivity index (χ0) is 15.0. The normalized spacial score (nSPS) is 10.8. The van der Waals surface area contributed by atoms with E-state index in [2.05, 4.69) is 5.32 Å². The third kappa shape index (κ3) is 6.04. The van der Waals surface area contributed by atoms with Gasteiger partial charge in [-0.05, 0) is 57.5 Å². The van der Waals surface area contributed by atoms with Crippen molar-refractivity contribution in [2.75, 3.05) is 37.8 Å². The molecule has 0 radical (unpaired) electrons. The lowest BCUT2D eigenvalue weighted by Gasteiger charge is -2.16. The van der Waals surface area contributed by atoms with Crippen LogP contribution in [0.5, 0.6) is 0 Å². The topological polar surface area (TPSA) is 78.6 Å². The first-order chi connectivity index (χ1) is 9.52. The van der Waals surface area contributed by atoms with Crippen LogP contribution in [0, 0.1) is 6.92 Å². The Hall–Kier alpha value is -1.59. The van der Waals surface area contributed by atoms with Gasteiger partial charge in [0.15, 0.2) is 0 Å². The maximum absolute atomic E-state index is 11.9. The lowest BCUT2D eigenvalue weighted by Crippen LogP contribution is -2.31. The predicted molar refractivity (Wildman–Crippen MR) is 82.7 cm³/mol. The van der Waals surface area contributed by atoms with E-state index < -0.39 is 0 Å². The molecule has 1 rings (SSSR count). The number of hydrogen-bond acceptors (Lipinski definition) is 4. The average Bonchev–Trinajstić information content (AvgIpc) is 2.38. The zero-order valence-electron chi connectivity index (χ0n) is 12.4. The summed E-state index contributed by atoms with van der Waals surface area (Å²) in [5.74, 6) is -0.0646. The maximum atomic E-state index is 11.9. The van der Waals surface area contributed by atoms with Crippen LogP contribution in [-0.4, -0.2) is 42.7 Å². The van der Waals surface area contributed by atoms with E-state index in [9.17, 15) is 4.79 Å². The Labute approximate surface area is 120 Å². The Bertz CT molecular complexity index is 435. The smallest absolute Gasteiger partial charge is 0.238 e. The van der Waals surface area contributed by atoms with Crippen molar-refractivity contribution in [1.29, 1.82) is 0 Å². The van der Waals surface area contributed by atoms with Crippen LogP contribution < -0.4 is 11.1 Å². The molecule has 0 unspecified atom stereocenters. The highest BCUT2D eigenvalue weighted by molar-refractivity contribution is 5.95. The first kappa shape index (κ1) is 16.5. The molecule has 0 saturated carbocycles. The van der Waals surface area contributed by atoms with Gasteiger partial charge in [0, 0.05) is 6.61 Å². The number of likely N-dealkylation sites (N-methyl/N-ethyl adjacent to an activating group) is 1. The molecule has 0 bridgehead atoms. The Morgan fingerprint density at radius 3 is 2.75 bits per heavy atom. The lowest BCUT2D eigenvalue weighted by atomic mass is 10.2. The van der Waals surface area contributed by atoms with Gasteiger partial charge in [-0.3, -0.25) is 9.69 Å². The summed E-state index contributed by atoms with van der Waals surface area (Å²) in [7, 11) is 1.91. The first-order valence-electron chi connectivity index (χ1n) is 6.98. The number of aryl methyl sites for hydroxylation is 1. The van der Waals surface area contributed by atoms with Gasteiger partial charge in [-0.25, -0.2) is 0 Å². The van der Waals surface area contributed by atoms with Crippen molar-refractivity contribution >= 4 is 17.3 Å². The number of nitrogens with zero attached hydrogens (tertiary/aromatic N) is 1. The van der Waals surface area contributed by atoms with E-state index in [0.29, 0.717) is 17.9 Å². The largest absolute Gasteiger partial charge is 0.397 e. The fraction of sp³-hybridized carbons (Fsp3) is 0.533. The number of unbranched alkanes of at least 4 members (excludes halogenated alkanes) is 2. The molecule has 5 heteroatoms. The molecule has 20 heavy (non-hydrogen) atoms. The van der Waals surface area contributed by atoms with Crippen molar-refractivity contribution < 1.29 is 9.90 Å². The van der Waals surface area contributed by atoms with Gasteiger partial charge in [0.05, 0.1) is 17.9 Å². The molecule has 0 spiro atoms. The molecular weight excluding hydrogens is 254 g/mol. The molecule has 0 aliphatic rings. The van der Waals surface area contributed by atoms with E-state index in [0.717, 1.165) is 31.4 Å². The van der Waals surface area contributed by atoms with Crippen molar-refractivity contribution in [2.24, 2.45) is 0 Å². The lowest BCUT2D eigenvalue weighted by molar-refractivity contribution is -0.117. The summed E-state index contributed by atoms with van der Waals surface area (Å²) in [6.07, 6.45) is 2.78. The zero-order valence-corrected chi connectivity index (χ0v) is 12.4. The fourth-order valence-electron chi connectivity index (χ4n) is 1.98. The van der Waals surface area contributed by atoms with E-state index in [1.54, 1.807) is 0 Å². The second-order valence-electron chi connectivity index (χ2n) is 5.16. The van der Waals surface area contributed by atoms with E-state index in [1.165, 1.54) is 0 Å². The summed E-state index contributed by atoms with van der Waals surface area (Å²) in [5, 5.41) is 11.5. The number of anilines is 2. The number of rotatable bonds is 8. The predicted octanol–water partition coefficient (Wildman–Crippen LogP) is 1.61. The number of aliphatic hydroxyl groups is 1. The molecule has 0 fully saturated rings.